The maximum absolute atomic E-state index is 12.6. The van der Waals surface area contributed by atoms with Crippen LogP contribution in [0.25, 0.3) is 0 Å². The highest BCUT2D eigenvalue weighted by Gasteiger charge is 2.47. The van der Waals surface area contributed by atoms with E-state index in [9.17, 15) is 9.59 Å². The molecule has 2 aliphatic rings. The molecule has 0 spiro atoms. The van der Waals surface area contributed by atoms with Gasteiger partial charge in [0.25, 0.3) is 0 Å². The van der Waals surface area contributed by atoms with Gasteiger partial charge in [-0.1, -0.05) is 42.5 Å². The first kappa shape index (κ1) is 17.7. The van der Waals surface area contributed by atoms with Crippen molar-refractivity contribution >= 4 is 11.8 Å². The minimum absolute atomic E-state index is 0.0269. The van der Waals surface area contributed by atoms with Crippen LogP contribution in [-0.2, 0) is 22.7 Å². The number of carbonyl (C=O) groups is 2. The second kappa shape index (κ2) is 7.48. The first-order valence-corrected chi connectivity index (χ1v) is 9.36. The number of hydrogen-bond donors (Lipinski definition) is 0. The second-order valence-electron chi connectivity index (χ2n) is 7.45. The molecule has 27 heavy (non-hydrogen) atoms. The number of imide groups is 1. The maximum atomic E-state index is 12.6. The topological polar surface area (TPSA) is 58.4 Å². The van der Waals surface area contributed by atoms with Crippen LogP contribution in [0.1, 0.15) is 24.0 Å². The summed E-state index contributed by atoms with van der Waals surface area (Å²) in [5.74, 6) is -0.379. The van der Waals surface area contributed by atoms with Gasteiger partial charge in [0, 0.05) is 18.3 Å². The first-order chi connectivity index (χ1) is 13.1. The lowest BCUT2D eigenvalue weighted by atomic mass is 9.85. The molecule has 0 radical (unpaired) electrons. The highest BCUT2D eigenvalue weighted by atomic mass is 16.2. The molecule has 0 bridgehead atoms. The highest BCUT2D eigenvalue weighted by Crippen LogP contribution is 2.35. The van der Waals surface area contributed by atoms with E-state index in [0.29, 0.717) is 26.1 Å². The highest BCUT2D eigenvalue weighted by molar-refractivity contribution is 6.05. The van der Waals surface area contributed by atoms with Gasteiger partial charge in [0.1, 0.15) is 0 Å². The standard InChI is InChI=1S/C21H24N4O2/c1-23(15-25-20(26)18-9-5-6-10-19(18)21(25)27)12-17-11-22-24(14-17)13-16-7-3-2-4-8-16/h2-8,11,14,18-19H,9-10,12-13,15H2,1H3. The van der Waals surface area contributed by atoms with Crippen molar-refractivity contribution < 1.29 is 9.59 Å². The lowest BCUT2D eigenvalue weighted by Gasteiger charge is -2.22. The predicted octanol–water partition coefficient (Wildman–Crippen LogP) is 2.27. The zero-order chi connectivity index (χ0) is 18.8. The Bertz CT molecular complexity index is 832. The minimum Gasteiger partial charge on any atom is -0.284 e. The number of nitrogens with zero attached hydrogens (tertiary/aromatic N) is 4. The number of amides is 2. The van der Waals surface area contributed by atoms with Gasteiger partial charge in [-0.25, -0.2) is 0 Å². The average Bonchev–Trinajstić information content (AvgIpc) is 3.21. The van der Waals surface area contributed by atoms with Gasteiger partial charge in [0.15, 0.2) is 0 Å². The van der Waals surface area contributed by atoms with Crippen LogP contribution in [0.2, 0.25) is 0 Å². The fourth-order valence-electron chi connectivity index (χ4n) is 3.96. The third kappa shape index (κ3) is 3.71. The minimum atomic E-state index is -0.162. The van der Waals surface area contributed by atoms with Crippen LogP contribution in [0.3, 0.4) is 0 Å². The molecule has 2 aromatic rings. The number of fused-ring (bicyclic) bond motifs is 1. The molecular formula is C21H24N4O2. The Balaban J connectivity index is 1.35. The summed E-state index contributed by atoms with van der Waals surface area (Å²) < 4.78 is 1.91. The number of hydrogen-bond acceptors (Lipinski definition) is 4. The van der Waals surface area contributed by atoms with Gasteiger partial charge >= 0.3 is 0 Å². The number of likely N-dealkylation sites (tertiary alicyclic amines) is 1. The predicted molar refractivity (Wildman–Crippen MR) is 101 cm³/mol. The first-order valence-electron chi connectivity index (χ1n) is 9.36. The van der Waals surface area contributed by atoms with E-state index in [1.54, 1.807) is 0 Å². The summed E-state index contributed by atoms with van der Waals surface area (Å²) in [5, 5.41) is 4.42. The van der Waals surface area contributed by atoms with Crippen LogP contribution in [0.4, 0.5) is 0 Å². The van der Waals surface area contributed by atoms with Crippen molar-refractivity contribution in [3.63, 3.8) is 0 Å². The van der Waals surface area contributed by atoms with E-state index < -0.39 is 0 Å². The molecule has 0 N–H and O–H groups in total. The van der Waals surface area contributed by atoms with Crippen molar-refractivity contribution in [3.05, 3.63) is 66.0 Å². The average molecular weight is 364 g/mol. The molecule has 1 fully saturated rings. The summed E-state index contributed by atoms with van der Waals surface area (Å²) in [6.45, 7) is 1.69. The van der Waals surface area contributed by atoms with E-state index in [1.807, 2.05) is 59.4 Å². The third-order valence-electron chi connectivity index (χ3n) is 5.31. The van der Waals surface area contributed by atoms with Crippen LogP contribution < -0.4 is 0 Å². The van der Waals surface area contributed by atoms with Crippen LogP contribution in [-0.4, -0.2) is 45.1 Å². The van der Waals surface area contributed by atoms with Crippen molar-refractivity contribution in [1.29, 1.82) is 0 Å². The van der Waals surface area contributed by atoms with Crippen LogP contribution in [0.15, 0.2) is 54.9 Å². The van der Waals surface area contributed by atoms with Crippen molar-refractivity contribution in [2.45, 2.75) is 25.9 Å². The number of rotatable bonds is 6. The molecule has 1 aliphatic carbocycles. The van der Waals surface area contributed by atoms with E-state index in [4.69, 9.17) is 0 Å². The molecule has 2 amide bonds. The van der Waals surface area contributed by atoms with Crippen LogP contribution >= 0.6 is 0 Å². The third-order valence-corrected chi connectivity index (χ3v) is 5.31. The molecule has 1 aromatic carbocycles. The van der Waals surface area contributed by atoms with E-state index in [2.05, 4.69) is 17.2 Å². The van der Waals surface area contributed by atoms with Crippen molar-refractivity contribution in [2.75, 3.05) is 13.7 Å². The molecule has 0 saturated carbocycles. The smallest absolute Gasteiger partial charge is 0.234 e. The Morgan fingerprint density at radius 1 is 1.04 bits per heavy atom. The fraction of sp³-hybridized carbons (Fsp3) is 0.381. The number of aromatic nitrogens is 2. The van der Waals surface area contributed by atoms with Gasteiger partial charge in [-0.15, -0.1) is 0 Å². The number of benzene rings is 1. The zero-order valence-corrected chi connectivity index (χ0v) is 15.5. The molecule has 4 rings (SSSR count). The lowest BCUT2D eigenvalue weighted by molar-refractivity contribution is -0.142. The zero-order valence-electron chi connectivity index (χ0n) is 15.5. The normalized spacial score (nSPS) is 21.9. The van der Waals surface area contributed by atoms with Gasteiger partial charge in [0.05, 0.1) is 31.2 Å². The van der Waals surface area contributed by atoms with Crippen LogP contribution in [0.5, 0.6) is 0 Å². The molecule has 2 atom stereocenters. The van der Waals surface area contributed by atoms with E-state index in [0.717, 1.165) is 12.1 Å². The largest absolute Gasteiger partial charge is 0.284 e. The van der Waals surface area contributed by atoms with Gasteiger partial charge in [-0.2, -0.15) is 5.10 Å². The maximum Gasteiger partial charge on any atom is 0.234 e. The Labute approximate surface area is 159 Å². The molecular weight excluding hydrogens is 340 g/mol. The summed E-state index contributed by atoms with van der Waals surface area (Å²) in [6, 6.07) is 10.2. The molecule has 1 aliphatic heterocycles. The number of allylic oxidation sites excluding steroid dienone is 2. The van der Waals surface area contributed by atoms with Gasteiger partial charge in [-0.3, -0.25) is 24.1 Å². The quantitative estimate of drug-likeness (QED) is 0.583. The second-order valence-corrected chi connectivity index (χ2v) is 7.45. The summed E-state index contributed by atoms with van der Waals surface area (Å²) in [5.41, 5.74) is 2.26. The Hall–Kier alpha value is -2.73. The summed E-state index contributed by atoms with van der Waals surface area (Å²) in [4.78, 5) is 28.6. The number of carbonyl (C=O) groups excluding carboxylic acids is 2. The fourth-order valence-corrected chi connectivity index (χ4v) is 3.96. The summed E-state index contributed by atoms with van der Waals surface area (Å²) >= 11 is 0. The lowest BCUT2D eigenvalue weighted by Crippen LogP contribution is -2.39. The SMILES string of the molecule is CN(Cc1cnn(Cc2ccccc2)c1)CN1C(=O)C2CC=CCC2C1=O. The van der Waals surface area contributed by atoms with Crippen molar-refractivity contribution in [2.24, 2.45) is 11.8 Å². The molecule has 2 heterocycles. The van der Waals surface area contributed by atoms with Crippen LogP contribution in [0, 0.1) is 11.8 Å². The Morgan fingerprint density at radius 2 is 1.70 bits per heavy atom. The molecule has 6 nitrogen and oxygen atoms in total. The van der Waals surface area contributed by atoms with E-state index >= 15 is 0 Å². The van der Waals surface area contributed by atoms with E-state index in [-0.39, 0.29) is 23.7 Å². The van der Waals surface area contributed by atoms with E-state index in [1.165, 1.54) is 10.5 Å². The molecule has 1 saturated heterocycles. The monoisotopic (exact) mass is 364 g/mol. The van der Waals surface area contributed by atoms with Gasteiger partial charge in [-0.05, 0) is 25.5 Å². The Morgan fingerprint density at radius 3 is 2.37 bits per heavy atom. The van der Waals surface area contributed by atoms with Crippen molar-refractivity contribution in [3.8, 4) is 0 Å². The molecule has 2 unspecified atom stereocenters. The van der Waals surface area contributed by atoms with Gasteiger partial charge < -0.3 is 0 Å². The molecule has 6 heteroatoms. The van der Waals surface area contributed by atoms with Gasteiger partial charge in [0.2, 0.25) is 11.8 Å². The summed E-state index contributed by atoms with van der Waals surface area (Å²) in [7, 11) is 1.93. The summed E-state index contributed by atoms with van der Waals surface area (Å²) in [6.07, 6.45) is 9.25. The molecule has 1 aromatic heterocycles. The van der Waals surface area contributed by atoms with Crippen molar-refractivity contribution in [1.82, 2.24) is 19.6 Å². The Kier molecular flexibility index (Phi) is 4.90. The molecule has 140 valence electrons.